The molecule has 2 aliphatic rings. The summed E-state index contributed by atoms with van der Waals surface area (Å²) < 4.78 is 0. The highest BCUT2D eigenvalue weighted by molar-refractivity contribution is 6.88. The van der Waals surface area contributed by atoms with Gasteiger partial charge in [-0.1, -0.05) is 109 Å². The molecule has 24 heavy (non-hydrogen) atoms. The van der Waals surface area contributed by atoms with Crippen LogP contribution >= 0.6 is 0 Å². The van der Waals surface area contributed by atoms with Crippen molar-refractivity contribution in [2.75, 3.05) is 0 Å². The van der Waals surface area contributed by atoms with E-state index in [1.54, 1.807) is 15.9 Å². The van der Waals surface area contributed by atoms with Gasteiger partial charge in [-0.3, -0.25) is 0 Å². The van der Waals surface area contributed by atoms with Crippen LogP contribution < -0.4 is 10.4 Å². The van der Waals surface area contributed by atoms with Gasteiger partial charge >= 0.3 is 0 Å². The molecule has 2 aromatic carbocycles. The van der Waals surface area contributed by atoms with Crippen LogP contribution in [0.1, 0.15) is 26.7 Å². The SMILES string of the molecule is CC1CC2CC=CC=C2C1(C)[SiH](c1ccccc1)c1ccccc1. The first-order valence-corrected chi connectivity index (χ1v) is 10.9. The molecule has 122 valence electrons. The lowest BCUT2D eigenvalue weighted by atomic mass is 9.90. The van der Waals surface area contributed by atoms with Crippen molar-refractivity contribution in [2.45, 2.75) is 31.7 Å². The van der Waals surface area contributed by atoms with E-state index < -0.39 is 8.80 Å². The minimum absolute atomic E-state index is 0.318. The summed E-state index contributed by atoms with van der Waals surface area (Å²) in [5.74, 6) is 1.50. The molecule has 1 heteroatoms. The number of hydrogen-bond donors (Lipinski definition) is 0. The maximum Gasteiger partial charge on any atom is 0.113 e. The molecule has 0 saturated heterocycles. The fourth-order valence-electron chi connectivity index (χ4n) is 5.10. The van der Waals surface area contributed by atoms with Crippen LogP contribution in [-0.4, -0.2) is 8.80 Å². The van der Waals surface area contributed by atoms with Gasteiger partial charge in [-0.05, 0) is 29.7 Å². The van der Waals surface area contributed by atoms with Crippen molar-refractivity contribution in [3.05, 3.63) is 84.5 Å². The van der Waals surface area contributed by atoms with Crippen LogP contribution in [0.4, 0.5) is 0 Å². The second kappa shape index (κ2) is 6.21. The minimum Gasteiger partial charge on any atom is -0.0839 e. The molecule has 3 unspecified atom stereocenters. The Hall–Kier alpha value is -1.86. The highest BCUT2D eigenvalue weighted by atomic mass is 28.3. The fourth-order valence-corrected chi connectivity index (χ4v) is 9.46. The van der Waals surface area contributed by atoms with Gasteiger partial charge < -0.3 is 0 Å². The lowest BCUT2D eigenvalue weighted by Gasteiger charge is -2.40. The average molecular weight is 331 g/mol. The van der Waals surface area contributed by atoms with Gasteiger partial charge in [-0.15, -0.1) is 0 Å². The molecule has 0 bridgehead atoms. The van der Waals surface area contributed by atoms with E-state index in [-0.39, 0.29) is 0 Å². The molecule has 0 nitrogen and oxygen atoms in total. The van der Waals surface area contributed by atoms with Crippen molar-refractivity contribution in [1.29, 1.82) is 0 Å². The first-order chi connectivity index (χ1) is 11.7. The highest BCUT2D eigenvalue weighted by Crippen LogP contribution is 2.59. The van der Waals surface area contributed by atoms with Gasteiger partial charge in [0, 0.05) is 0 Å². The number of benzene rings is 2. The van der Waals surface area contributed by atoms with Crippen molar-refractivity contribution < 1.29 is 0 Å². The highest BCUT2D eigenvalue weighted by Gasteiger charge is 2.51. The molecule has 0 aromatic heterocycles. The molecule has 0 N–H and O–H groups in total. The summed E-state index contributed by atoms with van der Waals surface area (Å²) in [6.45, 7) is 5.06. The van der Waals surface area contributed by atoms with Crippen LogP contribution in [0.25, 0.3) is 0 Å². The standard InChI is InChI=1S/C23H26Si/c1-18-17-19-11-9-10-16-22(19)23(18,2)24(20-12-5-3-6-13-20)21-14-7-4-8-15-21/h3-10,12-16,18-19,24H,11,17H2,1-2H3. The van der Waals surface area contributed by atoms with E-state index in [2.05, 4.69) is 92.7 Å². The van der Waals surface area contributed by atoms with Crippen molar-refractivity contribution in [2.24, 2.45) is 11.8 Å². The fraction of sp³-hybridized carbons (Fsp3) is 0.304. The molecule has 0 amide bonds. The Balaban J connectivity index is 1.90. The van der Waals surface area contributed by atoms with Crippen LogP contribution in [0.5, 0.6) is 0 Å². The summed E-state index contributed by atoms with van der Waals surface area (Å²) in [5.41, 5.74) is 1.72. The molecule has 1 saturated carbocycles. The molecule has 2 aliphatic carbocycles. The smallest absolute Gasteiger partial charge is 0.0839 e. The Bertz CT molecular complexity index is 720. The average Bonchev–Trinajstić information content (AvgIpc) is 2.89. The normalized spacial score (nSPS) is 28.7. The third-order valence-electron chi connectivity index (χ3n) is 6.42. The van der Waals surface area contributed by atoms with E-state index in [0.29, 0.717) is 5.04 Å². The first kappa shape index (κ1) is 15.7. The Kier molecular flexibility index (Phi) is 4.05. The third kappa shape index (κ3) is 2.43. The summed E-state index contributed by atoms with van der Waals surface area (Å²) in [5, 5.41) is 3.47. The van der Waals surface area contributed by atoms with E-state index in [1.807, 2.05) is 0 Å². The molecule has 1 fully saturated rings. The molecule has 4 rings (SSSR count). The third-order valence-corrected chi connectivity index (χ3v) is 10.6. The summed E-state index contributed by atoms with van der Waals surface area (Å²) in [6, 6.07) is 22.6. The first-order valence-electron chi connectivity index (χ1n) is 9.18. The molecule has 0 aliphatic heterocycles. The molecular weight excluding hydrogens is 304 g/mol. The summed E-state index contributed by atoms with van der Waals surface area (Å²) >= 11 is 0. The maximum atomic E-state index is 2.57. The van der Waals surface area contributed by atoms with Gasteiger partial charge in [0.2, 0.25) is 0 Å². The Morgan fingerprint density at radius 2 is 1.50 bits per heavy atom. The van der Waals surface area contributed by atoms with Crippen molar-refractivity contribution in [1.82, 2.24) is 0 Å². The van der Waals surface area contributed by atoms with Gasteiger partial charge in [0.1, 0.15) is 8.80 Å². The van der Waals surface area contributed by atoms with Crippen molar-refractivity contribution in [3.63, 3.8) is 0 Å². The minimum atomic E-state index is -1.37. The van der Waals surface area contributed by atoms with E-state index in [4.69, 9.17) is 0 Å². The van der Waals surface area contributed by atoms with E-state index in [1.165, 1.54) is 12.8 Å². The molecule has 2 aromatic rings. The van der Waals surface area contributed by atoms with Gasteiger partial charge in [0.05, 0.1) is 0 Å². The van der Waals surface area contributed by atoms with Gasteiger partial charge in [0.15, 0.2) is 0 Å². The van der Waals surface area contributed by atoms with Crippen LogP contribution in [0, 0.1) is 11.8 Å². The molecular formula is C23H26Si. The number of fused-ring (bicyclic) bond motifs is 1. The zero-order valence-electron chi connectivity index (χ0n) is 14.7. The Labute approximate surface area is 147 Å². The zero-order valence-corrected chi connectivity index (χ0v) is 15.8. The van der Waals surface area contributed by atoms with Crippen molar-refractivity contribution >= 4 is 19.2 Å². The quantitative estimate of drug-likeness (QED) is 0.735. The second-order valence-electron chi connectivity index (χ2n) is 7.66. The maximum absolute atomic E-state index is 2.57. The van der Waals surface area contributed by atoms with E-state index in [0.717, 1.165) is 11.8 Å². The molecule has 3 atom stereocenters. The summed E-state index contributed by atoms with van der Waals surface area (Å²) in [7, 11) is -1.37. The van der Waals surface area contributed by atoms with Crippen molar-refractivity contribution in [3.8, 4) is 0 Å². The van der Waals surface area contributed by atoms with E-state index >= 15 is 0 Å². The van der Waals surface area contributed by atoms with Crippen LogP contribution in [0.15, 0.2) is 84.5 Å². The Morgan fingerprint density at radius 3 is 2.08 bits per heavy atom. The lowest BCUT2D eigenvalue weighted by Crippen LogP contribution is -2.52. The van der Waals surface area contributed by atoms with Crippen LogP contribution in [0.2, 0.25) is 5.04 Å². The monoisotopic (exact) mass is 330 g/mol. The lowest BCUT2D eigenvalue weighted by molar-refractivity contribution is 0.484. The topological polar surface area (TPSA) is 0 Å². The largest absolute Gasteiger partial charge is 0.113 e. The zero-order chi connectivity index (χ0) is 16.6. The number of allylic oxidation sites excluding steroid dienone is 4. The van der Waals surface area contributed by atoms with E-state index in [9.17, 15) is 0 Å². The van der Waals surface area contributed by atoms with Gasteiger partial charge in [0.25, 0.3) is 0 Å². The summed E-state index contributed by atoms with van der Waals surface area (Å²) in [4.78, 5) is 0. The van der Waals surface area contributed by atoms with Crippen LogP contribution in [-0.2, 0) is 0 Å². The van der Waals surface area contributed by atoms with Gasteiger partial charge in [-0.2, -0.15) is 0 Å². The second-order valence-corrected chi connectivity index (χ2v) is 11.1. The van der Waals surface area contributed by atoms with Crippen LogP contribution in [0.3, 0.4) is 0 Å². The molecule has 0 heterocycles. The number of hydrogen-bond acceptors (Lipinski definition) is 0. The molecule has 0 spiro atoms. The summed E-state index contributed by atoms with van der Waals surface area (Å²) in [6.07, 6.45) is 9.67. The number of rotatable bonds is 3. The predicted molar refractivity (Wildman–Crippen MR) is 107 cm³/mol. The van der Waals surface area contributed by atoms with Gasteiger partial charge in [-0.25, -0.2) is 0 Å². The predicted octanol–water partition coefficient (Wildman–Crippen LogP) is 4.33. The Morgan fingerprint density at radius 1 is 0.917 bits per heavy atom. The molecule has 0 radical (unpaired) electrons.